The first-order valence-electron chi connectivity index (χ1n) is 10.3. The van der Waals surface area contributed by atoms with Crippen LogP contribution < -0.4 is 10.6 Å². The Hall–Kier alpha value is -1.66. The molecule has 2 aromatic rings. The molecular weight excluding hydrogens is 497 g/mol. The van der Waals surface area contributed by atoms with Gasteiger partial charge in [-0.05, 0) is 45.0 Å². The number of ether oxygens (including phenoxy) is 1. The van der Waals surface area contributed by atoms with E-state index >= 15 is 0 Å². The quantitative estimate of drug-likeness (QED) is 0.222. The molecule has 0 aromatic carbocycles. The van der Waals surface area contributed by atoms with E-state index in [1.807, 2.05) is 24.6 Å². The topological polar surface area (TPSA) is 92.7 Å². The molecule has 3 rings (SSSR count). The van der Waals surface area contributed by atoms with Crippen LogP contribution in [0.4, 0.5) is 0 Å². The summed E-state index contributed by atoms with van der Waals surface area (Å²) in [6, 6.07) is 4.18. The van der Waals surface area contributed by atoms with E-state index in [2.05, 4.69) is 31.8 Å². The Kier molecular flexibility index (Phi) is 10.6. The summed E-state index contributed by atoms with van der Waals surface area (Å²) < 4.78 is 12.9. The summed E-state index contributed by atoms with van der Waals surface area (Å²) in [5, 5.41) is 15.1. The van der Waals surface area contributed by atoms with Crippen LogP contribution in [0.1, 0.15) is 42.7 Å². The molecule has 1 saturated heterocycles. The number of hydrogen-bond acceptors (Lipinski definition) is 6. The van der Waals surface area contributed by atoms with Gasteiger partial charge in [0.15, 0.2) is 11.8 Å². The SMILES string of the molecule is COCCNC(=NCc1nnc(C)n1C)NCC(c1ccco1)N1CCCCC1.I. The molecule has 1 atom stereocenters. The average molecular weight is 531 g/mol. The molecule has 9 nitrogen and oxygen atoms in total. The number of hydrogen-bond donors (Lipinski definition) is 2. The highest BCUT2D eigenvalue weighted by atomic mass is 127. The summed E-state index contributed by atoms with van der Waals surface area (Å²) in [6.45, 7) is 6.57. The standard InChI is InChI=1S/C20H33N7O2.HI/c1-16-24-25-19(26(16)2)15-23-20(21-9-13-28-3)22-14-17(18-8-7-12-29-18)27-10-5-4-6-11-27;/h7-8,12,17H,4-6,9-11,13-15H2,1-3H3,(H2,21,22,23);1H. The van der Waals surface area contributed by atoms with Crippen molar-refractivity contribution in [3.63, 3.8) is 0 Å². The van der Waals surface area contributed by atoms with Gasteiger partial charge in [0.1, 0.15) is 18.1 Å². The lowest BCUT2D eigenvalue weighted by Gasteiger charge is -2.33. The summed E-state index contributed by atoms with van der Waals surface area (Å²) >= 11 is 0. The molecule has 0 spiro atoms. The maximum Gasteiger partial charge on any atom is 0.191 e. The molecular formula is C20H34IN7O2. The molecule has 10 heteroatoms. The molecule has 1 unspecified atom stereocenters. The molecule has 1 aliphatic heterocycles. The summed E-state index contributed by atoms with van der Waals surface area (Å²) in [7, 11) is 3.65. The van der Waals surface area contributed by atoms with Gasteiger partial charge in [-0.1, -0.05) is 6.42 Å². The van der Waals surface area contributed by atoms with E-state index in [1.165, 1.54) is 19.3 Å². The molecule has 2 aromatic heterocycles. The predicted molar refractivity (Wildman–Crippen MR) is 127 cm³/mol. The van der Waals surface area contributed by atoms with Crippen LogP contribution in [-0.4, -0.2) is 65.5 Å². The van der Waals surface area contributed by atoms with Gasteiger partial charge in [-0.3, -0.25) is 4.90 Å². The minimum absolute atomic E-state index is 0. The minimum atomic E-state index is 0. The van der Waals surface area contributed by atoms with Crippen molar-refractivity contribution >= 4 is 29.9 Å². The molecule has 3 heterocycles. The fourth-order valence-electron chi connectivity index (χ4n) is 3.50. The van der Waals surface area contributed by atoms with Crippen LogP contribution in [0.2, 0.25) is 0 Å². The van der Waals surface area contributed by atoms with Crippen LogP contribution >= 0.6 is 24.0 Å². The van der Waals surface area contributed by atoms with Gasteiger partial charge < -0.3 is 24.4 Å². The number of likely N-dealkylation sites (tertiary alicyclic amines) is 1. The molecule has 30 heavy (non-hydrogen) atoms. The zero-order valence-corrected chi connectivity index (χ0v) is 20.5. The first kappa shape index (κ1) is 24.6. The number of methoxy groups -OCH3 is 1. The van der Waals surface area contributed by atoms with Crippen LogP contribution in [0, 0.1) is 6.92 Å². The summed E-state index contributed by atoms with van der Waals surface area (Å²) in [6.07, 6.45) is 5.51. The number of nitrogens with zero attached hydrogens (tertiary/aromatic N) is 5. The van der Waals surface area contributed by atoms with Crippen molar-refractivity contribution in [1.29, 1.82) is 0 Å². The van der Waals surface area contributed by atoms with Crippen LogP contribution in [0.15, 0.2) is 27.8 Å². The van der Waals surface area contributed by atoms with Gasteiger partial charge in [0.25, 0.3) is 0 Å². The Morgan fingerprint density at radius 3 is 2.70 bits per heavy atom. The van der Waals surface area contributed by atoms with Gasteiger partial charge in [0.05, 0.1) is 18.9 Å². The normalized spacial score (nSPS) is 16.2. The van der Waals surface area contributed by atoms with Crippen molar-refractivity contribution in [2.24, 2.45) is 12.0 Å². The van der Waals surface area contributed by atoms with Crippen molar-refractivity contribution in [1.82, 2.24) is 30.3 Å². The lowest BCUT2D eigenvalue weighted by atomic mass is 10.1. The van der Waals surface area contributed by atoms with E-state index in [-0.39, 0.29) is 30.0 Å². The minimum Gasteiger partial charge on any atom is -0.468 e. The largest absolute Gasteiger partial charge is 0.468 e. The van der Waals surface area contributed by atoms with Gasteiger partial charge in [0.2, 0.25) is 0 Å². The zero-order chi connectivity index (χ0) is 20.5. The number of aromatic nitrogens is 3. The van der Waals surface area contributed by atoms with Crippen molar-refractivity contribution in [3.05, 3.63) is 35.8 Å². The summed E-state index contributed by atoms with van der Waals surface area (Å²) in [5.74, 6) is 3.42. The molecule has 0 radical (unpaired) electrons. The van der Waals surface area contributed by atoms with Gasteiger partial charge in [0, 0.05) is 27.2 Å². The zero-order valence-electron chi connectivity index (χ0n) is 18.1. The third-order valence-electron chi connectivity index (χ3n) is 5.33. The fourth-order valence-corrected chi connectivity index (χ4v) is 3.50. The molecule has 0 aliphatic carbocycles. The number of piperidine rings is 1. The van der Waals surface area contributed by atoms with E-state index in [4.69, 9.17) is 14.1 Å². The van der Waals surface area contributed by atoms with Gasteiger partial charge in [-0.2, -0.15) is 0 Å². The lowest BCUT2D eigenvalue weighted by Crippen LogP contribution is -2.45. The van der Waals surface area contributed by atoms with E-state index in [9.17, 15) is 0 Å². The third kappa shape index (κ3) is 6.95. The molecule has 1 aliphatic rings. The second-order valence-electron chi connectivity index (χ2n) is 7.32. The molecule has 0 bridgehead atoms. The van der Waals surface area contributed by atoms with Gasteiger partial charge in [-0.15, -0.1) is 34.2 Å². The van der Waals surface area contributed by atoms with Gasteiger partial charge in [-0.25, -0.2) is 4.99 Å². The molecule has 2 N–H and O–H groups in total. The Morgan fingerprint density at radius 1 is 1.27 bits per heavy atom. The van der Waals surface area contributed by atoms with Crippen molar-refractivity contribution in [2.45, 2.75) is 38.8 Å². The van der Waals surface area contributed by atoms with Crippen molar-refractivity contribution < 1.29 is 9.15 Å². The molecule has 0 amide bonds. The van der Waals surface area contributed by atoms with Crippen molar-refractivity contribution in [2.75, 3.05) is 39.9 Å². The maximum atomic E-state index is 5.74. The van der Waals surface area contributed by atoms with E-state index in [1.54, 1.807) is 13.4 Å². The monoisotopic (exact) mass is 531 g/mol. The number of rotatable bonds is 9. The Bertz CT molecular complexity index is 757. The predicted octanol–water partition coefficient (Wildman–Crippen LogP) is 2.24. The first-order valence-corrected chi connectivity index (χ1v) is 10.3. The van der Waals surface area contributed by atoms with Crippen LogP contribution in [0.25, 0.3) is 0 Å². The van der Waals surface area contributed by atoms with Crippen LogP contribution in [0.5, 0.6) is 0 Å². The summed E-state index contributed by atoms with van der Waals surface area (Å²) in [5.41, 5.74) is 0. The highest BCUT2D eigenvalue weighted by molar-refractivity contribution is 14.0. The third-order valence-corrected chi connectivity index (χ3v) is 5.33. The second-order valence-corrected chi connectivity index (χ2v) is 7.32. The van der Waals surface area contributed by atoms with E-state index in [0.29, 0.717) is 26.2 Å². The highest BCUT2D eigenvalue weighted by Gasteiger charge is 2.24. The number of aryl methyl sites for hydroxylation is 1. The lowest BCUT2D eigenvalue weighted by molar-refractivity contribution is 0.146. The first-order chi connectivity index (χ1) is 14.2. The van der Waals surface area contributed by atoms with E-state index < -0.39 is 0 Å². The number of furan rings is 1. The van der Waals surface area contributed by atoms with E-state index in [0.717, 1.165) is 36.5 Å². The van der Waals surface area contributed by atoms with Gasteiger partial charge >= 0.3 is 0 Å². The highest BCUT2D eigenvalue weighted by Crippen LogP contribution is 2.24. The van der Waals surface area contributed by atoms with Crippen molar-refractivity contribution in [3.8, 4) is 0 Å². The molecule has 168 valence electrons. The fraction of sp³-hybridized carbons (Fsp3) is 0.650. The smallest absolute Gasteiger partial charge is 0.191 e. The Labute approximate surface area is 195 Å². The molecule has 1 fully saturated rings. The average Bonchev–Trinajstić information content (AvgIpc) is 3.38. The maximum absolute atomic E-state index is 5.74. The molecule has 0 saturated carbocycles. The Morgan fingerprint density at radius 2 is 2.07 bits per heavy atom. The number of aliphatic imine (C=N–C) groups is 1. The number of guanidine groups is 1. The number of nitrogens with one attached hydrogen (secondary N) is 2. The second kappa shape index (κ2) is 12.9. The number of halogens is 1. The Balaban J connectivity index is 0.00000320. The van der Waals surface area contributed by atoms with Crippen LogP contribution in [0.3, 0.4) is 0 Å². The van der Waals surface area contributed by atoms with Crippen LogP contribution in [-0.2, 0) is 18.3 Å². The summed E-state index contributed by atoms with van der Waals surface area (Å²) in [4.78, 5) is 7.20.